The number of benzene rings is 2. The van der Waals surface area contributed by atoms with Gasteiger partial charge in [-0.05, 0) is 54.8 Å². The van der Waals surface area contributed by atoms with E-state index in [1.165, 1.54) is 10.6 Å². The molecule has 1 unspecified atom stereocenters. The van der Waals surface area contributed by atoms with Crippen molar-refractivity contribution < 1.29 is 13.2 Å². The first kappa shape index (κ1) is 17.8. The molecule has 0 fully saturated rings. The van der Waals surface area contributed by atoms with Gasteiger partial charge in [0.05, 0.1) is 11.9 Å². The third kappa shape index (κ3) is 3.80. The summed E-state index contributed by atoms with van der Waals surface area (Å²) < 4.78 is 25.3. The van der Waals surface area contributed by atoms with Gasteiger partial charge in [-0.3, -0.25) is 9.10 Å². The molecule has 1 aliphatic heterocycles. The normalized spacial score (nSPS) is 16.6. The molecular formula is C18H19ClN2O3S. The zero-order valence-corrected chi connectivity index (χ0v) is 15.6. The van der Waals surface area contributed by atoms with Crippen molar-refractivity contribution in [1.29, 1.82) is 0 Å². The minimum atomic E-state index is -3.33. The van der Waals surface area contributed by atoms with Crippen LogP contribution >= 0.6 is 11.6 Å². The van der Waals surface area contributed by atoms with E-state index in [0.717, 1.165) is 11.1 Å². The molecule has 0 aliphatic carbocycles. The van der Waals surface area contributed by atoms with Gasteiger partial charge in [-0.1, -0.05) is 23.7 Å². The molecule has 1 atom stereocenters. The zero-order valence-electron chi connectivity index (χ0n) is 14.0. The number of halogens is 1. The maximum Gasteiger partial charge on any atom is 0.251 e. The van der Waals surface area contributed by atoms with Crippen molar-refractivity contribution >= 4 is 33.2 Å². The molecule has 0 saturated carbocycles. The molecule has 5 nitrogen and oxygen atoms in total. The highest BCUT2D eigenvalue weighted by atomic mass is 35.5. The van der Waals surface area contributed by atoms with Gasteiger partial charge < -0.3 is 5.32 Å². The first-order chi connectivity index (χ1) is 11.8. The number of sulfonamides is 1. The summed E-state index contributed by atoms with van der Waals surface area (Å²) >= 11 is 5.94. The Hall–Kier alpha value is -2.05. The average Bonchev–Trinajstić information content (AvgIpc) is 2.87. The molecule has 7 heteroatoms. The molecule has 3 rings (SSSR count). The first-order valence-corrected chi connectivity index (χ1v) is 10.1. The van der Waals surface area contributed by atoms with Gasteiger partial charge in [0.1, 0.15) is 0 Å². The highest BCUT2D eigenvalue weighted by Crippen LogP contribution is 2.34. The topological polar surface area (TPSA) is 66.5 Å². The lowest BCUT2D eigenvalue weighted by molar-refractivity contribution is 0.0951. The van der Waals surface area contributed by atoms with E-state index in [0.29, 0.717) is 29.2 Å². The number of anilines is 1. The van der Waals surface area contributed by atoms with Gasteiger partial charge in [0, 0.05) is 23.2 Å². The monoisotopic (exact) mass is 378 g/mol. The highest BCUT2D eigenvalue weighted by molar-refractivity contribution is 7.92. The van der Waals surface area contributed by atoms with Crippen molar-refractivity contribution in [2.45, 2.75) is 25.9 Å². The van der Waals surface area contributed by atoms with E-state index in [1.54, 1.807) is 30.3 Å². The number of fused-ring (bicyclic) bond motifs is 1. The maximum atomic E-state index is 12.4. The van der Waals surface area contributed by atoms with Crippen LogP contribution in [-0.4, -0.2) is 26.6 Å². The fraction of sp³-hybridized carbons (Fsp3) is 0.278. The molecule has 1 N–H and O–H groups in total. The summed E-state index contributed by atoms with van der Waals surface area (Å²) in [5, 5.41) is 3.48. The predicted octanol–water partition coefficient (Wildman–Crippen LogP) is 2.98. The molecule has 0 saturated heterocycles. The first-order valence-electron chi connectivity index (χ1n) is 7.90. The molecule has 1 heterocycles. The van der Waals surface area contributed by atoms with E-state index < -0.39 is 10.0 Å². The Morgan fingerprint density at radius 3 is 2.72 bits per heavy atom. The van der Waals surface area contributed by atoms with Crippen molar-refractivity contribution in [3.63, 3.8) is 0 Å². The molecule has 0 spiro atoms. The quantitative estimate of drug-likeness (QED) is 0.889. The lowest BCUT2D eigenvalue weighted by atomic mass is 10.1. The minimum absolute atomic E-state index is 0.144. The number of carbonyl (C=O) groups is 1. The van der Waals surface area contributed by atoms with Gasteiger partial charge in [0.2, 0.25) is 10.0 Å². The summed E-state index contributed by atoms with van der Waals surface area (Å²) in [6.07, 6.45) is 1.79. The number of carbonyl (C=O) groups excluding carboxylic acids is 1. The SMILES string of the molecule is CC1Cc2cc(C(=O)NCc3cccc(Cl)c3)ccc2N1S(C)(=O)=O. The Bertz CT molecular complexity index is 928. The zero-order chi connectivity index (χ0) is 18.2. The van der Waals surface area contributed by atoms with E-state index in [1.807, 2.05) is 19.1 Å². The Balaban J connectivity index is 1.76. The van der Waals surface area contributed by atoms with E-state index in [2.05, 4.69) is 5.32 Å². The van der Waals surface area contributed by atoms with Gasteiger partial charge in [-0.2, -0.15) is 0 Å². The van der Waals surface area contributed by atoms with Crippen LogP contribution in [0.25, 0.3) is 0 Å². The fourth-order valence-corrected chi connectivity index (χ4v) is 4.66. The summed E-state index contributed by atoms with van der Waals surface area (Å²) in [6.45, 7) is 2.24. The number of rotatable bonds is 4. The van der Waals surface area contributed by atoms with Gasteiger partial charge in [0.25, 0.3) is 5.91 Å². The Morgan fingerprint density at radius 1 is 1.28 bits per heavy atom. The summed E-state index contributed by atoms with van der Waals surface area (Å²) in [4.78, 5) is 12.4. The number of amides is 1. The lowest BCUT2D eigenvalue weighted by Gasteiger charge is -2.21. The predicted molar refractivity (Wildman–Crippen MR) is 99.6 cm³/mol. The van der Waals surface area contributed by atoms with Crippen molar-refractivity contribution in [3.05, 3.63) is 64.2 Å². The van der Waals surface area contributed by atoms with Crippen LogP contribution in [0.15, 0.2) is 42.5 Å². The molecule has 2 aromatic carbocycles. The molecule has 1 aliphatic rings. The second kappa shape index (κ2) is 6.69. The van der Waals surface area contributed by atoms with Gasteiger partial charge >= 0.3 is 0 Å². The molecule has 132 valence electrons. The number of nitrogens with one attached hydrogen (secondary N) is 1. The summed E-state index contributed by atoms with van der Waals surface area (Å²) in [7, 11) is -3.33. The summed E-state index contributed by atoms with van der Waals surface area (Å²) in [6, 6.07) is 12.3. The van der Waals surface area contributed by atoms with Crippen molar-refractivity contribution in [2.75, 3.05) is 10.6 Å². The van der Waals surface area contributed by atoms with Crippen LogP contribution in [0.5, 0.6) is 0 Å². The molecule has 25 heavy (non-hydrogen) atoms. The average molecular weight is 379 g/mol. The molecule has 0 radical (unpaired) electrons. The molecular weight excluding hydrogens is 360 g/mol. The molecule has 2 aromatic rings. The van der Waals surface area contributed by atoms with Gasteiger partial charge in [0.15, 0.2) is 0 Å². The number of nitrogens with zero attached hydrogens (tertiary/aromatic N) is 1. The molecule has 0 bridgehead atoms. The second-order valence-corrected chi connectivity index (χ2v) is 8.56. The van der Waals surface area contributed by atoms with Gasteiger partial charge in [-0.25, -0.2) is 8.42 Å². The van der Waals surface area contributed by atoms with Gasteiger partial charge in [-0.15, -0.1) is 0 Å². The maximum absolute atomic E-state index is 12.4. The van der Waals surface area contributed by atoms with Crippen LogP contribution in [-0.2, 0) is 23.0 Å². The largest absolute Gasteiger partial charge is 0.348 e. The van der Waals surface area contributed by atoms with Crippen LogP contribution in [0.4, 0.5) is 5.69 Å². The van der Waals surface area contributed by atoms with Crippen LogP contribution < -0.4 is 9.62 Å². The van der Waals surface area contributed by atoms with Crippen LogP contribution in [0.3, 0.4) is 0 Å². The van der Waals surface area contributed by atoms with E-state index in [9.17, 15) is 13.2 Å². The van der Waals surface area contributed by atoms with E-state index in [-0.39, 0.29) is 11.9 Å². The van der Waals surface area contributed by atoms with E-state index in [4.69, 9.17) is 11.6 Å². The molecule has 0 aromatic heterocycles. The Morgan fingerprint density at radius 2 is 2.04 bits per heavy atom. The van der Waals surface area contributed by atoms with Crippen LogP contribution in [0, 0.1) is 0 Å². The van der Waals surface area contributed by atoms with Crippen molar-refractivity contribution in [3.8, 4) is 0 Å². The van der Waals surface area contributed by atoms with Crippen LogP contribution in [0.2, 0.25) is 5.02 Å². The summed E-state index contributed by atoms with van der Waals surface area (Å²) in [5.41, 5.74) is 2.96. The fourth-order valence-electron chi connectivity index (χ4n) is 3.18. The number of hydrogen-bond acceptors (Lipinski definition) is 3. The van der Waals surface area contributed by atoms with Crippen molar-refractivity contribution in [1.82, 2.24) is 5.32 Å². The van der Waals surface area contributed by atoms with Crippen molar-refractivity contribution in [2.24, 2.45) is 0 Å². The summed E-state index contributed by atoms with van der Waals surface area (Å²) in [5.74, 6) is -0.201. The molecule has 1 amide bonds. The Kier molecular flexibility index (Phi) is 4.75. The standard InChI is InChI=1S/C18H19ClN2O3S/c1-12-8-15-10-14(6-7-17(15)21(12)25(2,23)24)18(22)20-11-13-4-3-5-16(19)9-13/h3-7,9-10,12H,8,11H2,1-2H3,(H,20,22). The smallest absolute Gasteiger partial charge is 0.251 e. The van der Waals surface area contributed by atoms with Crippen LogP contribution in [0.1, 0.15) is 28.4 Å². The Labute approximate surface area is 152 Å². The lowest BCUT2D eigenvalue weighted by Crippen LogP contribution is -2.34. The van der Waals surface area contributed by atoms with E-state index >= 15 is 0 Å². The minimum Gasteiger partial charge on any atom is -0.348 e. The third-order valence-corrected chi connectivity index (χ3v) is 5.70. The second-order valence-electron chi connectivity index (χ2n) is 6.27. The third-order valence-electron chi connectivity index (χ3n) is 4.19. The number of hydrogen-bond donors (Lipinski definition) is 1. The highest BCUT2D eigenvalue weighted by Gasteiger charge is 2.32.